The van der Waals surface area contributed by atoms with E-state index in [9.17, 15) is 4.79 Å². The molecule has 3 saturated heterocycles. The first-order chi connectivity index (χ1) is 7.33. The number of carbonyl (C=O) groups is 1. The maximum absolute atomic E-state index is 11.9. The maximum atomic E-state index is 11.9. The largest absolute Gasteiger partial charge is 0.373 e. The van der Waals surface area contributed by atoms with Gasteiger partial charge in [-0.3, -0.25) is 4.79 Å². The van der Waals surface area contributed by atoms with Crippen LogP contribution >= 0.6 is 0 Å². The summed E-state index contributed by atoms with van der Waals surface area (Å²) in [7, 11) is 0. The predicted molar refractivity (Wildman–Crippen MR) is 55.4 cm³/mol. The van der Waals surface area contributed by atoms with Crippen LogP contribution in [0.4, 0.5) is 0 Å². The Bertz CT molecular complexity index is 263. The fourth-order valence-corrected chi connectivity index (χ4v) is 2.97. The van der Waals surface area contributed by atoms with Crippen molar-refractivity contribution in [2.24, 2.45) is 5.92 Å². The second kappa shape index (κ2) is 3.76. The number of fused-ring (bicyclic) bond motifs is 2. The molecule has 0 radical (unpaired) electrons. The quantitative estimate of drug-likeness (QED) is 0.676. The van der Waals surface area contributed by atoms with Crippen molar-refractivity contribution in [2.45, 2.75) is 43.9 Å². The molecular formula is C11H18N2O2. The Labute approximate surface area is 89.7 Å². The molecule has 3 fully saturated rings. The van der Waals surface area contributed by atoms with Crippen LogP contribution in [0.25, 0.3) is 0 Å². The van der Waals surface area contributed by atoms with Crippen molar-refractivity contribution in [3.05, 3.63) is 0 Å². The number of amides is 1. The SMILES string of the molecule is O=C(NC1CC2CCC1O2)[C@@H]1CCNC1. The van der Waals surface area contributed by atoms with Gasteiger partial charge in [-0.25, -0.2) is 0 Å². The highest BCUT2D eigenvalue weighted by molar-refractivity contribution is 5.79. The van der Waals surface area contributed by atoms with Crippen molar-refractivity contribution in [3.63, 3.8) is 0 Å². The summed E-state index contributed by atoms with van der Waals surface area (Å²) in [4.78, 5) is 11.9. The maximum Gasteiger partial charge on any atom is 0.224 e. The predicted octanol–water partition coefficient (Wildman–Crippen LogP) is 0.0320. The highest BCUT2D eigenvalue weighted by atomic mass is 16.5. The normalized spacial score (nSPS) is 43.5. The van der Waals surface area contributed by atoms with E-state index in [1.54, 1.807) is 0 Å². The first-order valence-corrected chi connectivity index (χ1v) is 5.99. The molecule has 2 N–H and O–H groups in total. The van der Waals surface area contributed by atoms with Crippen LogP contribution in [0, 0.1) is 5.92 Å². The van der Waals surface area contributed by atoms with Crippen molar-refractivity contribution < 1.29 is 9.53 Å². The van der Waals surface area contributed by atoms with Crippen molar-refractivity contribution in [1.29, 1.82) is 0 Å². The van der Waals surface area contributed by atoms with Gasteiger partial charge in [0.25, 0.3) is 0 Å². The van der Waals surface area contributed by atoms with Gasteiger partial charge in [-0.2, -0.15) is 0 Å². The van der Waals surface area contributed by atoms with Gasteiger partial charge in [0.2, 0.25) is 5.91 Å². The van der Waals surface area contributed by atoms with Gasteiger partial charge in [0.15, 0.2) is 0 Å². The molecule has 4 heteroatoms. The van der Waals surface area contributed by atoms with E-state index in [0.717, 1.165) is 32.4 Å². The standard InChI is InChI=1S/C11H18N2O2/c14-11(7-3-4-12-6-7)13-9-5-8-1-2-10(9)15-8/h7-10,12H,1-6H2,(H,13,14)/t7-,8?,9?,10?/m1/s1. The van der Waals surface area contributed by atoms with E-state index in [0.29, 0.717) is 12.2 Å². The topological polar surface area (TPSA) is 50.4 Å². The van der Waals surface area contributed by atoms with E-state index in [1.807, 2.05) is 0 Å². The minimum Gasteiger partial charge on any atom is -0.373 e. The lowest BCUT2D eigenvalue weighted by molar-refractivity contribution is -0.125. The molecule has 3 unspecified atom stereocenters. The molecule has 1 amide bonds. The van der Waals surface area contributed by atoms with Gasteiger partial charge in [0.05, 0.1) is 24.2 Å². The molecule has 3 aliphatic rings. The molecule has 2 bridgehead atoms. The third kappa shape index (κ3) is 1.76. The fourth-order valence-electron chi connectivity index (χ4n) is 2.97. The third-order valence-corrected chi connectivity index (χ3v) is 3.86. The zero-order chi connectivity index (χ0) is 10.3. The minimum absolute atomic E-state index is 0.184. The molecule has 3 aliphatic heterocycles. The summed E-state index contributed by atoms with van der Waals surface area (Å²) in [5.41, 5.74) is 0. The first kappa shape index (κ1) is 9.60. The smallest absolute Gasteiger partial charge is 0.224 e. The number of rotatable bonds is 2. The van der Waals surface area contributed by atoms with Gasteiger partial charge in [0, 0.05) is 6.54 Å². The molecule has 4 nitrogen and oxygen atoms in total. The molecule has 4 atom stereocenters. The van der Waals surface area contributed by atoms with Crippen molar-refractivity contribution in [2.75, 3.05) is 13.1 Å². The zero-order valence-corrected chi connectivity index (χ0v) is 8.87. The lowest BCUT2D eigenvalue weighted by Gasteiger charge is -2.21. The van der Waals surface area contributed by atoms with Crippen molar-refractivity contribution >= 4 is 5.91 Å². The lowest BCUT2D eigenvalue weighted by Crippen LogP contribution is -2.44. The Morgan fingerprint density at radius 2 is 2.27 bits per heavy atom. The van der Waals surface area contributed by atoms with Crippen molar-refractivity contribution in [1.82, 2.24) is 10.6 Å². The average Bonchev–Trinajstić information content (AvgIpc) is 2.95. The molecule has 84 valence electrons. The summed E-state index contributed by atoms with van der Waals surface area (Å²) in [5.74, 6) is 0.408. The summed E-state index contributed by atoms with van der Waals surface area (Å²) in [6.45, 7) is 1.82. The molecule has 0 aromatic carbocycles. The van der Waals surface area contributed by atoms with Gasteiger partial charge >= 0.3 is 0 Å². The van der Waals surface area contributed by atoms with Gasteiger partial charge < -0.3 is 15.4 Å². The average molecular weight is 210 g/mol. The van der Waals surface area contributed by atoms with E-state index in [4.69, 9.17) is 4.74 Å². The molecule has 0 aromatic heterocycles. The minimum atomic E-state index is 0.184. The molecular weight excluding hydrogens is 192 g/mol. The molecule has 3 heterocycles. The Hall–Kier alpha value is -0.610. The number of nitrogens with one attached hydrogen (secondary N) is 2. The van der Waals surface area contributed by atoms with Gasteiger partial charge in [-0.05, 0) is 32.2 Å². The van der Waals surface area contributed by atoms with Gasteiger partial charge in [-0.15, -0.1) is 0 Å². The van der Waals surface area contributed by atoms with Crippen LogP contribution in [0.15, 0.2) is 0 Å². The van der Waals surface area contributed by atoms with Crippen LogP contribution in [0.1, 0.15) is 25.7 Å². The highest BCUT2D eigenvalue weighted by Gasteiger charge is 2.42. The Morgan fingerprint density at radius 1 is 1.33 bits per heavy atom. The third-order valence-electron chi connectivity index (χ3n) is 3.86. The van der Waals surface area contributed by atoms with E-state index in [1.165, 1.54) is 6.42 Å². The highest BCUT2D eigenvalue weighted by Crippen LogP contribution is 2.34. The van der Waals surface area contributed by atoms with Crippen LogP contribution in [0.3, 0.4) is 0 Å². The monoisotopic (exact) mass is 210 g/mol. The first-order valence-electron chi connectivity index (χ1n) is 5.99. The van der Waals surface area contributed by atoms with Gasteiger partial charge in [-0.1, -0.05) is 0 Å². The Morgan fingerprint density at radius 3 is 2.87 bits per heavy atom. The van der Waals surface area contributed by atoms with Crippen LogP contribution in [-0.2, 0) is 9.53 Å². The number of hydrogen-bond donors (Lipinski definition) is 2. The molecule has 0 spiro atoms. The van der Waals surface area contributed by atoms with Crippen LogP contribution in [0.2, 0.25) is 0 Å². The van der Waals surface area contributed by atoms with Crippen LogP contribution in [-0.4, -0.2) is 37.2 Å². The van der Waals surface area contributed by atoms with Crippen molar-refractivity contribution in [3.8, 4) is 0 Å². The summed E-state index contributed by atoms with van der Waals surface area (Å²) >= 11 is 0. The molecule has 0 aromatic rings. The van der Waals surface area contributed by atoms with Crippen LogP contribution in [0.5, 0.6) is 0 Å². The Balaban J connectivity index is 1.54. The van der Waals surface area contributed by atoms with Crippen LogP contribution < -0.4 is 10.6 Å². The number of hydrogen-bond acceptors (Lipinski definition) is 3. The summed E-state index contributed by atoms with van der Waals surface area (Å²) < 4.78 is 5.72. The Kier molecular flexibility index (Phi) is 2.41. The van der Waals surface area contributed by atoms with E-state index in [2.05, 4.69) is 10.6 Å². The summed E-state index contributed by atoms with van der Waals surface area (Å²) in [6.07, 6.45) is 5.03. The molecule has 15 heavy (non-hydrogen) atoms. The molecule has 3 rings (SSSR count). The second-order valence-corrected chi connectivity index (χ2v) is 4.91. The number of ether oxygens (including phenoxy) is 1. The number of carbonyl (C=O) groups excluding carboxylic acids is 1. The van der Waals surface area contributed by atoms with E-state index in [-0.39, 0.29) is 17.9 Å². The summed E-state index contributed by atoms with van der Waals surface area (Å²) in [6, 6.07) is 0.289. The lowest BCUT2D eigenvalue weighted by atomic mass is 9.95. The second-order valence-electron chi connectivity index (χ2n) is 4.91. The van der Waals surface area contributed by atoms with E-state index < -0.39 is 0 Å². The van der Waals surface area contributed by atoms with Gasteiger partial charge in [0.1, 0.15) is 0 Å². The zero-order valence-electron chi connectivity index (χ0n) is 8.87. The van der Waals surface area contributed by atoms with E-state index >= 15 is 0 Å². The molecule has 0 saturated carbocycles. The molecule has 0 aliphatic carbocycles. The summed E-state index contributed by atoms with van der Waals surface area (Å²) in [5, 5.41) is 6.37. The fraction of sp³-hybridized carbons (Fsp3) is 0.909.